The van der Waals surface area contributed by atoms with Gasteiger partial charge in [0.05, 0.1) is 27.8 Å². The Bertz CT molecular complexity index is 3800. The molecular weight excluding hydrogens is 779 g/mol. The zero-order valence-corrected chi connectivity index (χ0v) is 35.6. The number of aromatic nitrogens is 2. The second kappa shape index (κ2) is 14.3. The monoisotopic (exact) mass is 821 g/mol. The van der Waals surface area contributed by atoms with Crippen LogP contribution in [0.25, 0.3) is 87.3 Å². The van der Waals surface area contributed by atoms with Gasteiger partial charge in [-0.25, -0.2) is 4.99 Å². The first kappa shape index (κ1) is 36.6. The molecule has 12 aromatic rings. The average Bonchev–Trinajstić information content (AvgIpc) is 3.86. The van der Waals surface area contributed by atoms with Crippen LogP contribution in [0.4, 0.5) is 0 Å². The highest BCUT2D eigenvalue weighted by Gasteiger charge is 2.37. The van der Waals surface area contributed by atoms with Gasteiger partial charge in [-0.05, 0) is 99.5 Å². The predicted molar refractivity (Wildman–Crippen MR) is 268 cm³/mol. The van der Waals surface area contributed by atoms with Crippen molar-refractivity contribution in [3.05, 3.63) is 229 Å². The Hall–Kier alpha value is -7.99. The highest BCUT2D eigenvalue weighted by atomic mass is 15.4. The van der Waals surface area contributed by atoms with Crippen LogP contribution in [0, 0.1) is 0 Å². The van der Waals surface area contributed by atoms with Crippen molar-refractivity contribution in [2.75, 3.05) is 14.1 Å². The summed E-state index contributed by atoms with van der Waals surface area (Å²) in [5, 5.41) is 12.3. The Labute approximate surface area is 371 Å². The number of fused-ring (bicyclic) bond motifs is 10. The normalized spacial score (nSPS) is 16.0. The van der Waals surface area contributed by atoms with Crippen LogP contribution in [-0.4, -0.2) is 38.9 Å². The summed E-state index contributed by atoms with van der Waals surface area (Å²) in [7, 11) is 4.44. The second-order valence-corrected chi connectivity index (χ2v) is 17.3. The summed E-state index contributed by atoms with van der Waals surface area (Å²) in [4.78, 5) is 10.5. The fourth-order valence-electron chi connectivity index (χ4n) is 10.9. The van der Waals surface area contributed by atoms with E-state index in [0.717, 1.165) is 28.3 Å². The van der Waals surface area contributed by atoms with E-state index >= 15 is 0 Å². The van der Waals surface area contributed by atoms with Crippen LogP contribution in [0.1, 0.15) is 29.0 Å². The fourth-order valence-corrected chi connectivity index (χ4v) is 10.9. The van der Waals surface area contributed by atoms with E-state index in [-0.39, 0.29) is 12.3 Å². The van der Waals surface area contributed by atoms with E-state index in [1.807, 2.05) is 0 Å². The van der Waals surface area contributed by atoms with Gasteiger partial charge in [0.1, 0.15) is 18.2 Å². The van der Waals surface area contributed by atoms with Gasteiger partial charge in [0, 0.05) is 45.4 Å². The molecule has 1 aliphatic rings. The molecule has 0 spiro atoms. The summed E-state index contributed by atoms with van der Waals surface area (Å²) >= 11 is 0. The molecule has 0 radical (unpaired) electrons. The van der Waals surface area contributed by atoms with Crippen molar-refractivity contribution in [1.82, 2.24) is 18.9 Å². The third-order valence-electron chi connectivity index (χ3n) is 13.7. The van der Waals surface area contributed by atoms with Crippen molar-refractivity contribution in [2.24, 2.45) is 4.99 Å². The number of rotatable bonds is 5. The van der Waals surface area contributed by atoms with Crippen molar-refractivity contribution in [3.8, 4) is 11.4 Å². The first-order chi connectivity index (χ1) is 31.6. The number of hydrogen-bond acceptors (Lipinski definition) is 3. The van der Waals surface area contributed by atoms with Gasteiger partial charge in [0.25, 0.3) is 0 Å². The quantitative estimate of drug-likeness (QED) is 0.162. The lowest BCUT2D eigenvalue weighted by Gasteiger charge is -2.45. The predicted octanol–water partition coefficient (Wildman–Crippen LogP) is 14.4. The number of hydrogen-bond donors (Lipinski definition) is 0. The largest absolute Gasteiger partial charge is 0.339 e. The molecule has 0 aliphatic carbocycles. The van der Waals surface area contributed by atoms with Crippen molar-refractivity contribution in [2.45, 2.75) is 12.3 Å². The lowest BCUT2D eigenvalue weighted by Crippen LogP contribution is -2.47. The van der Waals surface area contributed by atoms with Crippen LogP contribution in [0.2, 0.25) is 0 Å². The molecule has 0 saturated heterocycles. The lowest BCUT2D eigenvalue weighted by atomic mass is 9.95. The van der Waals surface area contributed by atoms with Gasteiger partial charge in [-0.2, -0.15) is 0 Å². The molecule has 5 heteroatoms. The minimum absolute atomic E-state index is 0.162. The Kier molecular flexibility index (Phi) is 8.18. The molecular formula is C59H43N5. The molecule has 1 aliphatic heterocycles. The summed E-state index contributed by atoms with van der Waals surface area (Å²) in [5.41, 5.74) is 10.6. The number of nitrogens with zero attached hydrogens (tertiary/aromatic N) is 5. The van der Waals surface area contributed by atoms with E-state index < -0.39 is 0 Å². The van der Waals surface area contributed by atoms with E-state index in [9.17, 15) is 0 Å². The molecule has 2 atom stereocenters. The fraction of sp³-hybridized carbons (Fsp3) is 0.0678. The Balaban J connectivity index is 1.01. The maximum absolute atomic E-state index is 5.66. The summed E-state index contributed by atoms with van der Waals surface area (Å²) < 4.78 is 4.91. The van der Waals surface area contributed by atoms with Gasteiger partial charge in [0.15, 0.2) is 0 Å². The van der Waals surface area contributed by atoms with Crippen LogP contribution in [-0.2, 0) is 0 Å². The number of para-hydroxylation sites is 4. The van der Waals surface area contributed by atoms with Crippen molar-refractivity contribution >= 4 is 81.8 Å². The Morgan fingerprint density at radius 2 is 0.969 bits per heavy atom. The molecule has 3 heterocycles. The van der Waals surface area contributed by atoms with Crippen LogP contribution in [0.15, 0.2) is 217 Å². The zero-order valence-electron chi connectivity index (χ0n) is 35.6. The first-order valence-electron chi connectivity index (χ1n) is 22.1. The van der Waals surface area contributed by atoms with Crippen LogP contribution in [0.5, 0.6) is 0 Å². The maximum atomic E-state index is 5.66. The van der Waals surface area contributed by atoms with E-state index in [4.69, 9.17) is 4.99 Å². The van der Waals surface area contributed by atoms with Gasteiger partial charge in [-0.3, -0.25) is 4.90 Å². The maximum Gasteiger partial charge on any atom is 0.134 e. The van der Waals surface area contributed by atoms with Gasteiger partial charge in [-0.15, -0.1) is 0 Å². The molecule has 0 saturated carbocycles. The van der Waals surface area contributed by atoms with E-state index in [2.05, 4.69) is 245 Å². The van der Waals surface area contributed by atoms with E-state index in [0.29, 0.717) is 0 Å². The van der Waals surface area contributed by atoms with Crippen molar-refractivity contribution in [3.63, 3.8) is 0 Å². The van der Waals surface area contributed by atoms with E-state index in [1.165, 1.54) is 81.5 Å². The minimum atomic E-state index is -0.221. The highest BCUT2D eigenvalue weighted by molar-refractivity contribution is 6.19. The summed E-state index contributed by atoms with van der Waals surface area (Å²) in [6.45, 7) is 0. The first-order valence-corrected chi connectivity index (χ1v) is 22.1. The topological polar surface area (TPSA) is 28.7 Å². The number of benzene rings is 10. The molecule has 304 valence electrons. The second-order valence-electron chi connectivity index (χ2n) is 17.3. The minimum Gasteiger partial charge on any atom is -0.339 e. The number of amidine groups is 1. The molecule has 10 aromatic carbocycles. The molecule has 0 bridgehead atoms. The van der Waals surface area contributed by atoms with Crippen molar-refractivity contribution < 1.29 is 0 Å². The molecule has 2 unspecified atom stereocenters. The Morgan fingerprint density at radius 1 is 0.391 bits per heavy atom. The molecule has 2 aromatic heterocycles. The summed E-state index contributed by atoms with van der Waals surface area (Å²) in [6, 6.07) is 77.7. The smallest absolute Gasteiger partial charge is 0.134 e. The van der Waals surface area contributed by atoms with Crippen LogP contribution in [0.3, 0.4) is 0 Å². The van der Waals surface area contributed by atoms with Crippen LogP contribution >= 0.6 is 0 Å². The van der Waals surface area contributed by atoms with Crippen molar-refractivity contribution in [1.29, 1.82) is 0 Å². The molecule has 0 fully saturated rings. The average molecular weight is 822 g/mol. The molecule has 0 amide bonds. The molecule has 64 heavy (non-hydrogen) atoms. The molecule has 13 rings (SSSR count). The van der Waals surface area contributed by atoms with Gasteiger partial charge < -0.3 is 14.0 Å². The van der Waals surface area contributed by atoms with Crippen LogP contribution < -0.4 is 0 Å². The molecule has 5 nitrogen and oxygen atoms in total. The zero-order chi connectivity index (χ0) is 42.5. The summed E-state index contributed by atoms with van der Waals surface area (Å²) in [5.74, 6) is 0.973. The number of aliphatic imine (C=N–C) groups is 1. The third-order valence-corrected chi connectivity index (χ3v) is 13.7. The van der Waals surface area contributed by atoms with E-state index in [1.54, 1.807) is 0 Å². The lowest BCUT2D eigenvalue weighted by molar-refractivity contribution is 0.0745. The van der Waals surface area contributed by atoms with Gasteiger partial charge in [-0.1, -0.05) is 158 Å². The van der Waals surface area contributed by atoms with Gasteiger partial charge in [0.2, 0.25) is 0 Å². The standard InChI is InChI=1S/C59H43N5/c1-61-57(38-18-4-3-5-19-38)60-58(51-35-40-20-6-7-21-43(40)44-22-8-9-23-45(44)51)62(2)59(61)49-27-13-17-31-55(49)64-54-30-16-12-26-48(54)50-36-41-34-42(33-32-39(41)37-56(50)64)63-52-28-14-10-24-46(52)47-25-11-15-29-53(47)63/h3-37,57,59H,1-2H3. The third kappa shape index (κ3) is 5.44. The SMILES string of the molecule is CN1C(c2cc3ccccc3c3ccccc23)=NC(c2ccccc2)N(C)C1c1ccccc1-n1c2ccccc2c2cc3cc(-n4c5ccccc5c5ccccc54)ccc3cc21. The summed E-state index contributed by atoms with van der Waals surface area (Å²) in [6.07, 6.45) is -0.383. The van der Waals surface area contributed by atoms with Gasteiger partial charge >= 0.3 is 0 Å². The molecule has 0 N–H and O–H groups in total. The highest BCUT2D eigenvalue weighted by Crippen LogP contribution is 2.44. The Morgan fingerprint density at radius 3 is 1.70 bits per heavy atom.